The molecule has 0 aromatic carbocycles. The molecule has 0 aliphatic carbocycles. The van der Waals surface area contributed by atoms with Crippen LogP contribution < -0.4 is 0 Å². The van der Waals surface area contributed by atoms with Gasteiger partial charge in [-0.25, -0.2) is 4.98 Å². The second-order valence-electron chi connectivity index (χ2n) is 3.09. The first-order valence-corrected chi connectivity index (χ1v) is 5.28. The summed E-state index contributed by atoms with van der Waals surface area (Å²) in [5.41, 5.74) is 2.23. The molecule has 3 heterocycles. The lowest BCUT2D eigenvalue weighted by atomic mass is 10.2. The topological polar surface area (TPSA) is 17.3 Å². The maximum Gasteiger partial charge on any atom is 0.136 e. The Morgan fingerprint density at radius 3 is 3.07 bits per heavy atom. The minimum absolute atomic E-state index is 0.991. The molecule has 0 bridgehead atoms. The first-order chi connectivity index (χ1) is 6.93. The van der Waals surface area contributed by atoms with E-state index in [2.05, 4.69) is 34.8 Å². The van der Waals surface area contributed by atoms with Gasteiger partial charge in [-0.05, 0) is 23.6 Å². The number of aromatic nitrogens is 2. The van der Waals surface area contributed by atoms with E-state index in [0.29, 0.717) is 0 Å². The van der Waals surface area contributed by atoms with Gasteiger partial charge in [0.05, 0.1) is 0 Å². The second kappa shape index (κ2) is 2.96. The van der Waals surface area contributed by atoms with Crippen molar-refractivity contribution in [3.05, 3.63) is 48.2 Å². The van der Waals surface area contributed by atoms with Gasteiger partial charge < -0.3 is 4.40 Å². The number of imidazole rings is 1. The van der Waals surface area contributed by atoms with Gasteiger partial charge in [0.2, 0.25) is 0 Å². The molecule has 0 spiro atoms. The minimum Gasteiger partial charge on any atom is -0.306 e. The van der Waals surface area contributed by atoms with Gasteiger partial charge in [-0.1, -0.05) is 6.07 Å². The van der Waals surface area contributed by atoms with E-state index in [9.17, 15) is 0 Å². The van der Waals surface area contributed by atoms with Gasteiger partial charge in [0.1, 0.15) is 5.65 Å². The lowest BCUT2D eigenvalue weighted by Crippen LogP contribution is -1.83. The fraction of sp³-hybridized carbons (Fsp3) is 0. The van der Waals surface area contributed by atoms with Crippen molar-refractivity contribution in [3.8, 4) is 10.4 Å². The van der Waals surface area contributed by atoms with Crippen LogP contribution in [-0.2, 0) is 0 Å². The van der Waals surface area contributed by atoms with Crippen molar-refractivity contribution in [2.75, 3.05) is 0 Å². The Kier molecular flexibility index (Phi) is 1.64. The van der Waals surface area contributed by atoms with Crippen LogP contribution in [0.25, 0.3) is 16.1 Å². The summed E-state index contributed by atoms with van der Waals surface area (Å²) in [6.45, 7) is 0. The van der Waals surface area contributed by atoms with Gasteiger partial charge >= 0.3 is 0 Å². The number of hydrogen-bond acceptors (Lipinski definition) is 2. The van der Waals surface area contributed by atoms with E-state index in [4.69, 9.17) is 0 Å². The molecule has 0 aliphatic heterocycles. The summed E-state index contributed by atoms with van der Waals surface area (Å²) in [6, 6.07) is 8.34. The third-order valence-electron chi connectivity index (χ3n) is 2.19. The first kappa shape index (κ1) is 7.76. The minimum atomic E-state index is 0.991. The fourth-order valence-corrected chi connectivity index (χ4v) is 2.23. The van der Waals surface area contributed by atoms with Gasteiger partial charge in [0, 0.05) is 29.0 Å². The lowest BCUT2D eigenvalue weighted by molar-refractivity contribution is 1.19. The predicted octanol–water partition coefficient (Wildman–Crippen LogP) is 3.06. The Labute approximate surface area is 85.5 Å². The summed E-state index contributed by atoms with van der Waals surface area (Å²) in [5.74, 6) is 0. The molecule has 0 amide bonds. The number of fused-ring (bicyclic) bond motifs is 1. The van der Waals surface area contributed by atoms with Crippen LogP contribution in [0, 0.1) is 0 Å². The van der Waals surface area contributed by atoms with Crippen molar-refractivity contribution in [2.45, 2.75) is 0 Å². The van der Waals surface area contributed by atoms with Crippen molar-refractivity contribution in [2.24, 2.45) is 0 Å². The van der Waals surface area contributed by atoms with Gasteiger partial charge in [-0.2, -0.15) is 0 Å². The first-order valence-electron chi connectivity index (χ1n) is 4.40. The van der Waals surface area contributed by atoms with Gasteiger partial charge in [0.25, 0.3) is 0 Å². The Hall–Kier alpha value is -1.61. The molecule has 3 aromatic heterocycles. The molecule has 3 rings (SSSR count). The molecule has 0 saturated heterocycles. The highest BCUT2D eigenvalue weighted by atomic mass is 32.1. The zero-order valence-electron chi connectivity index (χ0n) is 7.42. The van der Waals surface area contributed by atoms with Crippen LogP contribution in [0.3, 0.4) is 0 Å². The van der Waals surface area contributed by atoms with Crippen molar-refractivity contribution in [1.82, 2.24) is 9.38 Å². The molecule has 14 heavy (non-hydrogen) atoms. The summed E-state index contributed by atoms with van der Waals surface area (Å²) in [6.07, 6.45) is 5.88. The Morgan fingerprint density at radius 2 is 2.21 bits per heavy atom. The second-order valence-corrected chi connectivity index (χ2v) is 4.04. The quantitative estimate of drug-likeness (QED) is 0.590. The molecule has 0 atom stereocenters. The molecule has 0 N–H and O–H groups in total. The zero-order valence-corrected chi connectivity index (χ0v) is 8.24. The van der Waals surface area contributed by atoms with Gasteiger partial charge in [-0.15, -0.1) is 11.3 Å². The zero-order chi connectivity index (χ0) is 9.38. The molecule has 3 aromatic rings. The van der Waals surface area contributed by atoms with Gasteiger partial charge in [0.15, 0.2) is 0 Å². The standard InChI is InChI=1S/C11H8N2S/c1-2-10(14-7-1)9-3-4-11-12-5-6-13(11)8-9/h1-8H. The summed E-state index contributed by atoms with van der Waals surface area (Å²) < 4.78 is 2.04. The van der Waals surface area contributed by atoms with Crippen LogP contribution in [0.5, 0.6) is 0 Å². The largest absolute Gasteiger partial charge is 0.306 e. The smallest absolute Gasteiger partial charge is 0.136 e. The van der Waals surface area contributed by atoms with Crippen LogP contribution in [0.15, 0.2) is 48.2 Å². The molecule has 0 radical (unpaired) electrons. The normalized spacial score (nSPS) is 10.9. The highest BCUT2D eigenvalue weighted by Gasteiger charge is 1.99. The van der Waals surface area contributed by atoms with Crippen molar-refractivity contribution in [3.63, 3.8) is 0 Å². The highest BCUT2D eigenvalue weighted by Crippen LogP contribution is 2.24. The molecule has 0 aliphatic rings. The summed E-state index contributed by atoms with van der Waals surface area (Å²) in [4.78, 5) is 5.50. The van der Waals surface area contributed by atoms with E-state index in [-0.39, 0.29) is 0 Å². The van der Waals surface area contributed by atoms with Crippen LogP contribution in [0.4, 0.5) is 0 Å². The van der Waals surface area contributed by atoms with Crippen molar-refractivity contribution < 1.29 is 0 Å². The van der Waals surface area contributed by atoms with Crippen LogP contribution in [0.2, 0.25) is 0 Å². The average Bonchev–Trinajstić information content (AvgIpc) is 2.88. The van der Waals surface area contributed by atoms with E-state index >= 15 is 0 Å². The average molecular weight is 200 g/mol. The molecule has 0 saturated carbocycles. The molecule has 3 heteroatoms. The molecular formula is C11H8N2S. The van der Waals surface area contributed by atoms with Crippen LogP contribution in [0.1, 0.15) is 0 Å². The molecular weight excluding hydrogens is 192 g/mol. The maximum atomic E-state index is 4.21. The summed E-state index contributed by atoms with van der Waals surface area (Å²) in [7, 11) is 0. The SMILES string of the molecule is c1csc(-c2ccc3nccn3c2)c1. The summed E-state index contributed by atoms with van der Waals surface area (Å²) in [5, 5.41) is 2.09. The number of nitrogens with zero attached hydrogens (tertiary/aromatic N) is 2. The third kappa shape index (κ3) is 1.14. The highest BCUT2D eigenvalue weighted by molar-refractivity contribution is 7.13. The van der Waals surface area contributed by atoms with Crippen molar-refractivity contribution >= 4 is 17.0 Å². The van der Waals surface area contributed by atoms with E-state index < -0.39 is 0 Å². The molecule has 0 unspecified atom stereocenters. The Morgan fingerprint density at radius 1 is 1.21 bits per heavy atom. The Balaban J connectivity index is 2.23. The van der Waals surface area contributed by atoms with E-state index in [1.807, 2.05) is 22.9 Å². The monoisotopic (exact) mass is 200 g/mol. The molecule has 68 valence electrons. The number of hydrogen-bond donors (Lipinski definition) is 0. The number of rotatable bonds is 1. The fourth-order valence-electron chi connectivity index (χ4n) is 1.51. The van der Waals surface area contributed by atoms with E-state index in [1.165, 1.54) is 10.4 Å². The third-order valence-corrected chi connectivity index (χ3v) is 3.11. The maximum absolute atomic E-state index is 4.21. The predicted molar refractivity (Wildman–Crippen MR) is 58.5 cm³/mol. The van der Waals surface area contributed by atoms with Crippen molar-refractivity contribution in [1.29, 1.82) is 0 Å². The van der Waals surface area contributed by atoms with E-state index in [1.54, 1.807) is 11.3 Å². The number of thiophene rings is 1. The van der Waals surface area contributed by atoms with E-state index in [0.717, 1.165) is 5.65 Å². The summed E-state index contributed by atoms with van der Waals surface area (Å²) >= 11 is 1.75. The van der Waals surface area contributed by atoms with Crippen LogP contribution >= 0.6 is 11.3 Å². The Bertz CT molecular complexity index is 551. The lowest BCUT2D eigenvalue weighted by Gasteiger charge is -1.98. The van der Waals surface area contributed by atoms with Gasteiger partial charge in [-0.3, -0.25) is 0 Å². The van der Waals surface area contributed by atoms with Crippen LogP contribution in [-0.4, -0.2) is 9.38 Å². The number of pyridine rings is 1. The molecule has 2 nitrogen and oxygen atoms in total. The molecule has 0 fully saturated rings.